The Morgan fingerprint density at radius 2 is 1.82 bits per heavy atom. The molecule has 6 N–H and O–H groups in total. The first-order valence-corrected chi connectivity index (χ1v) is 5.31. The molecule has 17 heavy (non-hydrogen) atoms. The van der Waals surface area contributed by atoms with Crippen molar-refractivity contribution in [2.75, 3.05) is 6.54 Å². The number of carbonyl (C=O) groups excluding carboxylic acids is 2. The third-order valence-electron chi connectivity index (χ3n) is 2.42. The molecular formula is C10H19N3O4. The number of carboxylic acid groups (broad SMARTS) is 1. The monoisotopic (exact) mass is 245 g/mol. The highest BCUT2D eigenvalue weighted by Gasteiger charge is 2.27. The van der Waals surface area contributed by atoms with Crippen molar-refractivity contribution < 1.29 is 19.5 Å². The quantitative estimate of drug-likeness (QED) is 0.440. The van der Waals surface area contributed by atoms with Crippen LogP contribution in [0.5, 0.6) is 0 Å². The van der Waals surface area contributed by atoms with Crippen molar-refractivity contribution in [2.45, 2.75) is 26.3 Å². The molecule has 0 aliphatic heterocycles. The maximum Gasteiger partial charge on any atom is 0.326 e. The Kier molecular flexibility index (Phi) is 6.19. The second-order valence-electron chi connectivity index (χ2n) is 4.16. The zero-order valence-electron chi connectivity index (χ0n) is 9.97. The predicted molar refractivity (Wildman–Crippen MR) is 60.8 cm³/mol. The van der Waals surface area contributed by atoms with Crippen LogP contribution in [0.3, 0.4) is 0 Å². The summed E-state index contributed by atoms with van der Waals surface area (Å²) in [6, 6.07) is -1.30. The number of amides is 2. The number of carboxylic acids is 1. The van der Waals surface area contributed by atoms with Gasteiger partial charge in [-0.1, -0.05) is 13.8 Å². The van der Waals surface area contributed by atoms with Crippen LogP contribution in [0.15, 0.2) is 0 Å². The predicted octanol–water partition coefficient (Wildman–Crippen LogP) is -1.34. The molecule has 0 aromatic rings. The normalized spacial score (nSPS) is 14.1. The maximum atomic E-state index is 11.7. The highest BCUT2D eigenvalue weighted by molar-refractivity contribution is 5.89. The molecule has 0 rings (SSSR count). The number of aliphatic carboxylic acids is 1. The minimum absolute atomic E-state index is 0.0111. The van der Waals surface area contributed by atoms with Crippen LogP contribution in [-0.4, -0.2) is 35.5 Å². The number of primary amides is 1. The van der Waals surface area contributed by atoms with Gasteiger partial charge in [0, 0.05) is 6.54 Å². The van der Waals surface area contributed by atoms with Gasteiger partial charge in [-0.05, 0) is 5.92 Å². The Labute approximate surface area is 99.5 Å². The molecule has 0 heterocycles. The summed E-state index contributed by atoms with van der Waals surface area (Å²) in [6.07, 6.45) is -0.434. The molecule has 0 radical (unpaired) electrons. The molecule has 0 aliphatic rings. The average Bonchev–Trinajstić information content (AvgIpc) is 2.15. The summed E-state index contributed by atoms with van der Waals surface area (Å²) in [5.41, 5.74) is 10.3. The van der Waals surface area contributed by atoms with Gasteiger partial charge >= 0.3 is 5.97 Å². The Hall–Kier alpha value is -1.63. The van der Waals surface area contributed by atoms with Crippen LogP contribution < -0.4 is 16.8 Å². The lowest BCUT2D eigenvalue weighted by molar-refractivity contribution is -0.144. The van der Waals surface area contributed by atoms with E-state index >= 15 is 0 Å². The van der Waals surface area contributed by atoms with E-state index in [4.69, 9.17) is 16.6 Å². The van der Waals surface area contributed by atoms with Gasteiger partial charge in [0.05, 0.1) is 12.3 Å². The molecule has 7 nitrogen and oxygen atoms in total. The minimum atomic E-state index is -1.30. The molecule has 98 valence electrons. The molecule has 0 aromatic heterocycles. The molecule has 2 atom stereocenters. The van der Waals surface area contributed by atoms with Crippen LogP contribution in [0.2, 0.25) is 0 Å². The van der Waals surface area contributed by atoms with E-state index in [1.165, 1.54) is 0 Å². The lowest BCUT2D eigenvalue weighted by atomic mass is 9.94. The molecule has 0 bridgehead atoms. The van der Waals surface area contributed by atoms with Crippen molar-refractivity contribution in [3.8, 4) is 0 Å². The van der Waals surface area contributed by atoms with E-state index in [2.05, 4.69) is 5.32 Å². The first-order chi connectivity index (χ1) is 7.79. The van der Waals surface area contributed by atoms with E-state index in [0.717, 1.165) is 0 Å². The Balaban J connectivity index is 4.59. The Morgan fingerprint density at radius 3 is 2.12 bits per heavy atom. The number of hydrogen-bond acceptors (Lipinski definition) is 4. The molecule has 0 saturated carbocycles. The first kappa shape index (κ1) is 15.4. The van der Waals surface area contributed by atoms with Crippen LogP contribution in [-0.2, 0) is 14.4 Å². The fraction of sp³-hybridized carbons (Fsp3) is 0.700. The highest BCUT2D eigenvalue weighted by Crippen LogP contribution is 2.09. The van der Waals surface area contributed by atoms with Crippen LogP contribution in [0.4, 0.5) is 0 Å². The first-order valence-electron chi connectivity index (χ1n) is 5.31. The van der Waals surface area contributed by atoms with E-state index in [1.807, 2.05) is 0 Å². The van der Waals surface area contributed by atoms with Crippen LogP contribution >= 0.6 is 0 Å². The minimum Gasteiger partial charge on any atom is -0.480 e. The lowest BCUT2D eigenvalue weighted by Crippen LogP contribution is -2.48. The SMILES string of the molecule is CC(C)C(CN)C(=O)NC(CC(N)=O)C(=O)O. The highest BCUT2D eigenvalue weighted by atomic mass is 16.4. The molecule has 0 saturated heterocycles. The number of hydrogen-bond donors (Lipinski definition) is 4. The summed E-state index contributed by atoms with van der Waals surface area (Å²) >= 11 is 0. The van der Waals surface area contributed by atoms with Gasteiger partial charge in [0.25, 0.3) is 0 Å². The molecule has 0 aromatic carbocycles. The van der Waals surface area contributed by atoms with Crippen LogP contribution in [0.25, 0.3) is 0 Å². The summed E-state index contributed by atoms with van der Waals surface area (Å²) in [5.74, 6) is -3.05. The van der Waals surface area contributed by atoms with Crippen molar-refractivity contribution >= 4 is 17.8 Å². The zero-order chi connectivity index (χ0) is 13.6. The molecule has 7 heteroatoms. The van der Waals surface area contributed by atoms with E-state index in [-0.39, 0.29) is 12.5 Å². The van der Waals surface area contributed by atoms with Gasteiger partial charge in [-0.15, -0.1) is 0 Å². The van der Waals surface area contributed by atoms with Crippen LogP contribution in [0.1, 0.15) is 20.3 Å². The third-order valence-corrected chi connectivity index (χ3v) is 2.42. The van der Waals surface area contributed by atoms with Crippen LogP contribution in [0, 0.1) is 11.8 Å². The summed E-state index contributed by atoms with van der Waals surface area (Å²) in [5, 5.41) is 11.1. The van der Waals surface area contributed by atoms with Crippen molar-refractivity contribution in [1.82, 2.24) is 5.32 Å². The van der Waals surface area contributed by atoms with E-state index in [1.54, 1.807) is 13.8 Å². The van der Waals surface area contributed by atoms with Gasteiger partial charge in [0.2, 0.25) is 11.8 Å². The Bertz CT molecular complexity index is 304. The molecule has 0 spiro atoms. The second kappa shape index (κ2) is 6.85. The molecule has 0 aliphatic carbocycles. The molecule has 0 fully saturated rings. The van der Waals surface area contributed by atoms with Crippen molar-refractivity contribution in [2.24, 2.45) is 23.3 Å². The van der Waals surface area contributed by atoms with E-state index < -0.39 is 36.2 Å². The van der Waals surface area contributed by atoms with Gasteiger partial charge in [0.15, 0.2) is 0 Å². The fourth-order valence-corrected chi connectivity index (χ4v) is 1.36. The van der Waals surface area contributed by atoms with Crippen molar-refractivity contribution in [1.29, 1.82) is 0 Å². The third kappa shape index (κ3) is 5.30. The lowest BCUT2D eigenvalue weighted by Gasteiger charge is -2.21. The standard InChI is InChI=1S/C10H19N3O4/c1-5(2)6(4-11)9(15)13-7(10(16)17)3-8(12)14/h5-7H,3-4,11H2,1-2H3,(H2,12,14)(H,13,15)(H,16,17). The van der Waals surface area contributed by atoms with E-state index in [9.17, 15) is 14.4 Å². The second-order valence-corrected chi connectivity index (χ2v) is 4.16. The summed E-state index contributed by atoms with van der Waals surface area (Å²) < 4.78 is 0. The van der Waals surface area contributed by atoms with Gasteiger partial charge in [-0.3, -0.25) is 9.59 Å². The maximum absolute atomic E-state index is 11.7. The zero-order valence-corrected chi connectivity index (χ0v) is 9.97. The van der Waals surface area contributed by atoms with Gasteiger partial charge in [0.1, 0.15) is 6.04 Å². The van der Waals surface area contributed by atoms with Gasteiger partial charge in [-0.25, -0.2) is 4.79 Å². The Morgan fingerprint density at radius 1 is 1.29 bits per heavy atom. The summed E-state index contributed by atoms with van der Waals surface area (Å²) in [7, 11) is 0. The largest absolute Gasteiger partial charge is 0.480 e. The smallest absolute Gasteiger partial charge is 0.326 e. The molecule has 2 amide bonds. The molecular weight excluding hydrogens is 226 g/mol. The average molecular weight is 245 g/mol. The number of carbonyl (C=O) groups is 3. The van der Waals surface area contributed by atoms with Crippen molar-refractivity contribution in [3.05, 3.63) is 0 Å². The number of rotatable bonds is 7. The van der Waals surface area contributed by atoms with E-state index in [0.29, 0.717) is 0 Å². The van der Waals surface area contributed by atoms with Gasteiger partial charge in [-0.2, -0.15) is 0 Å². The van der Waals surface area contributed by atoms with Gasteiger partial charge < -0.3 is 21.9 Å². The fourth-order valence-electron chi connectivity index (χ4n) is 1.36. The van der Waals surface area contributed by atoms with Crippen molar-refractivity contribution in [3.63, 3.8) is 0 Å². The topological polar surface area (TPSA) is 136 Å². The number of nitrogens with one attached hydrogen (secondary N) is 1. The summed E-state index contributed by atoms with van der Waals surface area (Å²) in [6.45, 7) is 3.73. The molecule has 2 unspecified atom stereocenters. The summed E-state index contributed by atoms with van der Waals surface area (Å²) in [4.78, 5) is 33.2. The number of nitrogens with two attached hydrogens (primary N) is 2.